The van der Waals surface area contributed by atoms with Gasteiger partial charge in [0.15, 0.2) is 0 Å². The fourth-order valence-corrected chi connectivity index (χ4v) is 6.33. The third-order valence-corrected chi connectivity index (χ3v) is 9.00. The third-order valence-electron chi connectivity index (χ3n) is 9.00. The van der Waals surface area contributed by atoms with E-state index in [2.05, 4.69) is 89.6 Å². The molecule has 0 bridgehead atoms. The molecule has 0 fully saturated rings. The van der Waals surface area contributed by atoms with Crippen molar-refractivity contribution < 1.29 is 4.92 Å². The summed E-state index contributed by atoms with van der Waals surface area (Å²) < 4.78 is 0. The summed E-state index contributed by atoms with van der Waals surface area (Å²) in [5, 5.41) is 11.7. The molecule has 0 spiro atoms. The van der Waals surface area contributed by atoms with Crippen LogP contribution in [-0.2, 0) is 0 Å². The predicted molar refractivity (Wildman–Crippen MR) is 206 cm³/mol. The number of nitro groups is 1. The van der Waals surface area contributed by atoms with Crippen LogP contribution in [0.4, 0.5) is 17.1 Å². The number of hydrogen-bond donors (Lipinski definition) is 0. The summed E-state index contributed by atoms with van der Waals surface area (Å²) in [6.07, 6.45) is 7.24. The Morgan fingerprint density at radius 1 is 0.560 bits per heavy atom. The van der Waals surface area contributed by atoms with Crippen LogP contribution in [0.2, 0.25) is 0 Å². The Balaban J connectivity index is 1.77. The fourth-order valence-electron chi connectivity index (χ4n) is 6.33. The molecule has 0 amide bonds. The van der Waals surface area contributed by atoms with Crippen molar-refractivity contribution in [3.8, 4) is 0 Å². The lowest BCUT2D eigenvalue weighted by atomic mass is 9.78. The predicted octanol–water partition coefficient (Wildman–Crippen LogP) is 11.6. The summed E-state index contributed by atoms with van der Waals surface area (Å²) in [7, 11) is 0. The molecule has 0 saturated carbocycles. The maximum Gasteiger partial charge on any atom is 0.269 e. The number of rotatable bonds is 12. The Labute approximate surface area is 296 Å². The maximum absolute atomic E-state index is 11.7. The molecule has 0 unspecified atom stereocenters. The third kappa shape index (κ3) is 8.28. The average Bonchev–Trinajstić information content (AvgIpc) is 3.10. The number of nitro benzene ring substituents is 1. The number of nitrogens with zero attached hydrogens (tertiary/aromatic N) is 5. The highest BCUT2D eigenvalue weighted by molar-refractivity contribution is 5.82. The first-order chi connectivity index (χ1) is 23.9. The molecule has 0 saturated heterocycles. The second kappa shape index (κ2) is 15.9. The monoisotopic (exact) mass is 665 g/mol. The van der Waals surface area contributed by atoms with Gasteiger partial charge in [0, 0.05) is 30.4 Å². The van der Waals surface area contributed by atoms with Crippen LogP contribution in [0.1, 0.15) is 135 Å². The highest BCUT2D eigenvalue weighted by Gasteiger charge is 2.26. The molecule has 256 valence electrons. The molecule has 5 aromatic rings. The smallest absolute Gasteiger partial charge is 0.258 e. The molecule has 0 aliphatic carbocycles. The minimum atomic E-state index is -0.344. The van der Waals surface area contributed by atoms with E-state index in [-0.39, 0.29) is 40.2 Å². The van der Waals surface area contributed by atoms with Crippen molar-refractivity contribution in [2.45, 2.75) is 85.0 Å². The van der Waals surface area contributed by atoms with Crippen LogP contribution in [0, 0.1) is 10.1 Å². The van der Waals surface area contributed by atoms with Crippen molar-refractivity contribution in [1.82, 2.24) is 9.97 Å². The summed E-state index contributed by atoms with van der Waals surface area (Å²) in [4.78, 5) is 30.3. The zero-order valence-electron chi connectivity index (χ0n) is 30.3. The minimum Gasteiger partial charge on any atom is -0.258 e. The maximum atomic E-state index is 11.7. The van der Waals surface area contributed by atoms with Gasteiger partial charge in [0.2, 0.25) is 0 Å². The van der Waals surface area contributed by atoms with Crippen molar-refractivity contribution in [3.63, 3.8) is 0 Å². The Morgan fingerprint density at radius 2 is 0.940 bits per heavy atom. The van der Waals surface area contributed by atoms with Crippen molar-refractivity contribution in [3.05, 3.63) is 158 Å². The van der Waals surface area contributed by atoms with E-state index in [1.165, 1.54) is 0 Å². The average molecular weight is 666 g/mol. The van der Waals surface area contributed by atoms with E-state index in [9.17, 15) is 10.1 Å². The van der Waals surface area contributed by atoms with E-state index in [1.54, 1.807) is 24.5 Å². The number of pyridine rings is 2. The molecular weight excluding hydrogens is 619 g/mol. The normalized spacial score (nSPS) is 12.6. The van der Waals surface area contributed by atoms with Crippen molar-refractivity contribution >= 4 is 29.5 Å². The number of aromatic nitrogens is 2. The quantitative estimate of drug-likeness (QED) is 0.0573. The molecule has 7 nitrogen and oxygen atoms in total. The van der Waals surface area contributed by atoms with Gasteiger partial charge in [-0.1, -0.05) is 104 Å². The number of aliphatic imine (C=N–C) groups is 2. The van der Waals surface area contributed by atoms with E-state index in [4.69, 9.17) is 9.98 Å². The molecule has 0 N–H and O–H groups in total. The first-order valence-electron chi connectivity index (χ1n) is 17.4. The van der Waals surface area contributed by atoms with Crippen molar-refractivity contribution in [2.75, 3.05) is 0 Å². The Bertz CT molecular complexity index is 1810. The molecule has 2 aromatic heterocycles. The second-order valence-electron chi connectivity index (χ2n) is 14.0. The zero-order chi connectivity index (χ0) is 35.9. The summed E-state index contributed by atoms with van der Waals surface area (Å²) in [6, 6.07) is 27.8. The van der Waals surface area contributed by atoms with E-state index < -0.39 is 0 Å². The van der Waals surface area contributed by atoms with Crippen molar-refractivity contribution in [1.29, 1.82) is 0 Å². The minimum absolute atomic E-state index is 0.0717. The van der Waals surface area contributed by atoms with Crippen molar-refractivity contribution in [2.24, 2.45) is 9.98 Å². The van der Waals surface area contributed by atoms with Crippen LogP contribution in [0.5, 0.6) is 0 Å². The van der Waals surface area contributed by atoms with Gasteiger partial charge in [0.25, 0.3) is 5.69 Å². The van der Waals surface area contributed by atoms with Gasteiger partial charge in [-0.2, -0.15) is 0 Å². The van der Waals surface area contributed by atoms with Gasteiger partial charge in [0.1, 0.15) is 0 Å². The summed E-state index contributed by atoms with van der Waals surface area (Å²) in [6.45, 7) is 17.6. The number of non-ortho nitro benzene ring substituents is 1. The van der Waals surface area contributed by atoms with Crippen LogP contribution in [0.15, 0.2) is 107 Å². The molecule has 0 radical (unpaired) electrons. The SMILES string of the molecule is CC(C)c1cc(C(c2ccc([N+](=O)[O-])cc2)c2cc(C(C)C)c(N=Cc3ccccn3)c(C(C)C)c2)cc(C(C)C)c1N=Cc1ccccn1. The van der Waals surface area contributed by atoms with Crippen LogP contribution >= 0.6 is 0 Å². The van der Waals surface area contributed by atoms with Gasteiger partial charge in [-0.05, 0) is 86.9 Å². The molecular formula is C43H47N5O2. The fraction of sp³-hybridized carbons (Fsp3) is 0.302. The first-order valence-corrected chi connectivity index (χ1v) is 17.4. The first kappa shape index (κ1) is 36.0. The topological polar surface area (TPSA) is 93.6 Å². The molecule has 3 aromatic carbocycles. The van der Waals surface area contributed by atoms with Gasteiger partial charge in [-0.25, -0.2) is 0 Å². The molecule has 0 aliphatic heterocycles. The van der Waals surface area contributed by atoms with Crippen LogP contribution in [0.3, 0.4) is 0 Å². The Hall–Kier alpha value is -5.30. The van der Waals surface area contributed by atoms with E-state index >= 15 is 0 Å². The molecule has 0 atom stereocenters. The van der Waals surface area contributed by atoms with Gasteiger partial charge in [-0.15, -0.1) is 0 Å². The highest BCUT2D eigenvalue weighted by Crippen LogP contribution is 2.44. The summed E-state index contributed by atoms with van der Waals surface area (Å²) >= 11 is 0. The lowest BCUT2D eigenvalue weighted by Gasteiger charge is -2.27. The van der Waals surface area contributed by atoms with E-state index in [0.29, 0.717) is 0 Å². The van der Waals surface area contributed by atoms with Crippen LogP contribution in [0.25, 0.3) is 0 Å². The van der Waals surface area contributed by atoms with E-state index in [0.717, 1.165) is 61.7 Å². The van der Waals surface area contributed by atoms with E-state index in [1.807, 2.05) is 61.0 Å². The molecule has 50 heavy (non-hydrogen) atoms. The largest absolute Gasteiger partial charge is 0.269 e. The summed E-state index contributed by atoms with van der Waals surface area (Å²) in [5.41, 5.74) is 11.4. The summed E-state index contributed by atoms with van der Waals surface area (Å²) in [5.74, 6) is 0.592. The molecule has 0 aliphatic rings. The lowest BCUT2D eigenvalue weighted by molar-refractivity contribution is -0.384. The lowest BCUT2D eigenvalue weighted by Crippen LogP contribution is -2.09. The Kier molecular flexibility index (Phi) is 11.5. The van der Waals surface area contributed by atoms with Gasteiger partial charge < -0.3 is 0 Å². The highest BCUT2D eigenvalue weighted by atomic mass is 16.6. The number of benzene rings is 3. The van der Waals surface area contributed by atoms with Gasteiger partial charge >= 0.3 is 0 Å². The molecule has 5 rings (SSSR count). The Morgan fingerprint density at radius 3 is 1.24 bits per heavy atom. The molecule has 2 heterocycles. The van der Waals surface area contributed by atoms with Crippen LogP contribution in [-0.4, -0.2) is 27.3 Å². The molecule has 7 heteroatoms. The standard InChI is InChI=1S/C43H47N5O2/c1-27(2)37-21-32(22-38(28(3)4)42(37)46-25-34-13-9-11-19-44-34)41(31-15-17-36(18-16-31)48(49)50)33-23-39(29(5)6)43(40(24-33)30(7)8)47-26-35-14-10-12-20-45-35/h9-30,41H,1-8H3. The van der Waals surface area contributed by atoms with Crippen LogP contribution < -0.4 is 0 Å². The second-order valence-corrected chi connectivity index (χ2v) is 14.0. The van der Waals surface area contributed by atoms with Gasteiger partial charge in [-0.3, -0.25) is 30.1 Å². The zero-order valence-corrected chi connectivity index (χ0v) is 30.3. The number of hydrogen-bond acceptors (Lipinski definition) is 6. The van der Waals surface area contributed by atoms with Gasteiger partial charge in [0.05, 0.1) is 40.1 Å².